The second-order valence-electron chi connectivity index (χ2n) is 5.64. The minimum Gasteiger partial charge on any atom is -0.312 e. The highest BCUT2D eigenvalue weighted by Gasteiger charge is 2.26. The number of rotatable bonds is 4. The largest absolute Gasteiger partial charge is 0.312 e. The van der Waals surface area contributed by atoms with Crippen LogP contribution in [0.2, 0.25) is 0 Å². The third-order valence-corrected chi connectivity index (χ3v) is 4.16. The van der Waals surface area contributed by atoms with Gasteiger partial charge in [0.1, 0.15) is 5.82 Å². The van der Waals surface area contributed by atoms with Crippen LogP contribution >= 0.6 is 0 Å². The van der Waals surface area contributed by atoms with Crippen LogP contribution in [0.5, 0.6) is 0 Å². The smallest absolute Gasteiger partial charge is 0.154 e. The van der Waals surface area contributed by atoms with Crippen molar-refractivity contribution in [1.82, 2.24) is 20.1 Å². The highest BCUT2D eigenvalue weighted by molar-refractivity contribution is 5.26. The summed E-state index contributed by atoms with van der Waals surface area (Å²) in [5.74, 6) is 2.85. The van der Waals surface area contributed by atoms with Gasteiger partial charge in [0.2, 0.25) is 0 Å². The Bertz CT molecular complexity index is 561. The molecule has 2 aromatic rings. The highest BCUT2D eigenvalue weighted by Crippen LogP contribution is 2.24. The number of fused-ring (bicyclic) bond motifs is 1. The molecule has 0 amide bonds. The second-order valence-corrected chi connectivity index (χ2v) is 5.64. The number of nitrogens with zero attached hydrogens (tertiary/aromatic N) is 3. The molecule has 2 heterocycles. The molecule has 1 aromatic carbocycles. The maximum Gasteiger partial charge on any atom is 0.154 e. The first-order valence-electron chi connectivity index (χ1n) is 7.50. The van der Waals surface area contributed by atoms with E-state index >= 15 is 0 Å². The quantitative estimate of drug-likeness (QED) is 0.928. The molecular formula is C16H22N4. The van der Waals surface area contributed by atoms with Gasteiger partial charge in [0.05, 0.1) is 6.04 Å². The summed E-state index contributed by atoms with van der Waals surface area (Å²) in [4.78, 5) is 0. The lowest BCUT2D eigenvalue weighted by Crippen LogP contribution is -2.35. The maximum absolute atomic E-state index is 4.45. The Morgan fingerprint density at radius 1 is 1.30 bits per heavy atom. The monoisotopic (exact) mass is 270 g/mol. The first-order chi connectivity index (χ1) is 9.79. The van der Waals surface area contributed by atoms with E-state index in [1.807, 2.05) is 6.07 Å². The number of hydrogen-bond acceptors (Lipinski definition) is 3. The zero-order valence-corrected chi connectivity index (χ0v) is 12.2. The minimum atomic E-state index is 0.170. The van der Waals surface area contributed by atoms with Crippen LogP contribution in [0.4, 0.5) is 0 Å². The van der Waals surface area contributed by atoms with Gasteiger partial charge in [-0.3, -0.25) is 0 Å². The molecular weight excluding hydrogens is 248 g/mol. The Hall–Kier alpha value is -1.68. The molecule has 1 aliphatic rings. The van der Waals surface area contributed by atoms with Crippen LogP contribution in [-0.4, -0.2) is 21.3 Å². The lowest BCUT2D eigenvalue weighted by Gasteiger charge is -2.25. The summed E-state index contributed by atoms with van der Waals surface area (Å²) in [7, 11) is 0. The third-order valence-electron chi connectivity index (χ3n) is 4.16. The Morgan fingerprint density at radius 3 is 2.85 bits per heavy atom. The second kappa shape index (κ2) is 5.75. The minimum absolute atomic E-state index is 0.170. The van der Waals surface area contributed by atoms with E-state index in [0.29, 0.717) is 5.92 Å². The number of aromatic nitrogens is 3. The summed E-state index contributed by atoms with van der Waals surface area (Å²) < 4.78 is 2.31. The van der Waals surface area contributed by atoms with Crippen molar-refractivity contribution in [2.24, 2.45) is 5.92 Å². The number of benzene rings is 1. The molecule has 0 bridgehead atoms. The van der Waals surface area contributed by atoms with Gasteiger partial charge in [-0.15, -0.1) is 10.2 Å². The molecule has 4 nitrogen and oxygen atoms in total. The Morgan fingerprint density at radius 2 is 2.10 bits per heavy atom. The van der Waals surface area contributed by atoms with E-state index in [1.54, 1.807) is 0 Å². The van der Waals surface area contributed by atoms with Crippen molar-refractivity contribution in [1.29, 1.82) is 0 Å². The van der Waals surface area contributed by atoms with Gasteiger partial charge in [-0.05, 0) is 11.5 Å². The lowest BCUT2D eigenvalue weighted by atomic mass is 10.0. The molecule has 1 aromatic heterocycles. The fourth-order valence-corrected chi connectivity index (χ4v) is 2.74. The molecule has 20 heavy (non-hydrogen) atoms. The van der Waals surface area contributed by atoms with Crippen molar-refractivity contribution >= 4 is 0 Å². The summed E-state index contributed by atoms with van der Waals surface area (Å²) in [5.41, 5.74) is 1.26. The average Bonchev–Trinajstić information content (AvgIpc) is 2.91. The van der Waals surface area contributed by atoms with Gasteiger partial charge in [0.15, 0.2) is 5.82 Å². The van der Waals surface area contributed by atoms with Crippen LogP contribution in [0.1, 0.15) is 43.5 Å². The Labute approximate surface area is 120 Å². The summed E-state index contributed by atoms with van der Waals surface area (Å²) in [6, 6.07) is 10.7. The van der Waals surface area contributed by atoms with Crippen LogP contribution in [-0.2, 0) is 13.0 Å². The van der Waals surface area contributed by atoms with Gasteiger partial charge < -0.3 is 9.88 Å². The van der Waals surface area contributed by atoms with E-state index in [0.717, 1.165) is 31.2 Å². The average molecular weight is 270 g/mol. The summed E-state index contributed by atoms with van der Waals surface area (Å²) in [6.45, 7) is 6.44. The van der Waals surface area contributed by atoms with Gasteiger partial charge in [0.25, 0.3) is 0 Å². The van der Waals surface area contributed by atoms with Crippen LogP contribution < -0.4 is 5.32 Å². The first kappa shape index (κ1) is 13.3. The van der Waals surface area contributed by atoms with Crippen molar-refractivity contribution < 1.29 is 0 Å². The zero-order valence-electron chi connectivity index (χ0n) is 12.2. The fraction of sp³-hybridized carbons (Fsp3) is 0.500. The molecule has 0 saturated heterocycles. The van der Waals surface area contributed by atoms with E-state index in [-0.39, 0.29) is 6.04 Å². The van der Waals surface area contributed by atoms with Crippen LogP contribution in [0, 0.1) is 5.92 Å². The Kier molecular flexibility index (Phi) is 3.83. The van der Waals surface area contributed by atoms with Crippen LogP contribution in [0.15, 0.2) is 30.3 Å². The summed E-state index contributed by atoms with van der Waals surface area (Å²) >= 11 is 0. The lowest BCUT2D eigenvalue weighted by molar-refractivity contribution is 0.435. The van der Waals surface area contributed by atoms with Crippen molar-refractivity contribution in [3.8, 4) is 0 Å². The Balaban J connectivity index is 1.91. The van der Waals surface area contributed by atoms with Gasteiger partial charge in [-0.1, -0.05) is 50.6 Å². The summed E-state index contributed by atoms with van der Waals surface area (Å²) in [5, 5.41) is 12.4. The molecule has 0 spiro atoms. The molecule has 2 atom stereocenters. The normalized spacial score (nSPS) is 19.6. The molecule has 106 valence electrons. The molecule has 1 N–H and O–H groups in total. The maximum atomic E-state index is 4.45. The van der Waals surface area contributed by atoms with Crippen molar-refractivity contribution in [3.63, 3.8) is 0 Å². The SMILES string of the molecule is CCC(C)Cc1nnc2n1CCNC2c1ccccc1. The van der Waals surface area contributed by atoms with E-state index in [1.165, 1.54) is 12.0 Å². The molecule has 4 heteroatoms. The van der Waals surface area contributed by atoms with Crippen molar-refractivity contribution in [2.75, 3.05) is 6.54 Å². The molecule has 0 fully saturated rings. The zero-order chi connectivity index (χ0) is 13.9. The van der Waals surface area contributed by atoms with E-state index in [2.05, 4.69) is 58.2 Å². The topological polar surface area (TPSA) is 42.7 Å². The van der Waals surface area contributed by atoms with Gasteiger partial charge >= 0.3 is 0 Å². The van der Waals surface area contributed by atoms with Gasteiger partial charge in [0, 0.05) is 19.5 Å². The van der Waals surface area contributed by atoms with Crippen molar-refractivity contribution in [3.05, 3.63) is 47.5 Å². The molecule has 1 aliphatic heterocycles. The number of nitrogens with one attached hydrogen (secondary N) is 1. The molecule has 0 aliphatic carbocycles. The predicted molar refractivity (Wildman–Crippen MR) is 79.5 cm³/mol. The first-order valence-corrected chi connectivity index (χ1v) is 7.50. The van der Waals surface area contributed by atoms with Crippen LogP contribution in [0.3, 0.4) is 0 Å². The summed E-state index contributed by atoms with van der Waals surface area (Å²) in [6.07, 6.45) is 2.20. The molecule has 0 radical (unpaired) electrons. The molecule has 2 unspecified atom stereocenters. The number of hydrogen-bond donors (Lipinski definition) is 1. The van der Waals surface area contributed by atoms with E-state index in [9.17, 15) is 0 Å². The third kappa shape index (κ3) is 2.48. The van der Waals surface area contributed by atoms with E-state index in [4.69, 9.17) is 0 Å². The van der Waals surface area contributed by atoms with Gasteiger partial charge in [-0.2, -0.15) is 0 Å². The highest BCUT2D eigenvalue weighted by atomic mass is 15.3. The van der Waals surface area contributed by atoms with Crippen LogP contribution in [0.25, 0.3) is 0 Å². The standard InChI is InChI=1S/C16H22N4/c1-3-12(2)11-14-18-19-16-15(17-9-10-20(14)16)13-7-5-4-6-8-13/h4-8,12,15,17H,3,9-11H2,1-2H3. The van der Waals surface area contributed by atoms with E-state index < -0.39 is 0 Å². The molecule has 3 rings (SSSR count). The molecule has 0 saturated carbocycles. The van der Waals surface area contributed by atoms with Crippen molar-refractivity contribution in [2.45, 2.75) is 39.3 Å². The fourth-order valence-electron chi connectivity index (χ4n) is 2.74. The predicted octanol–water partition coefficient (Wildman–Crippen LogP) is 2.56. The van der Waals surface area contributed by atoms with Gasteiger partial charge in [-0.25, -0.2) is 0 Å².